The van der Waals surface area contributed by atoms with Crippen molar-refractivity contribution in [2.24, 2.45) is 5.92 Å². The van der Waals surface area contributed by atoms with E-state index >= 15 is 0 Å². The summed E-state index contributed by atoms with van der Waals surface area (Å²) in [6.45, 7) is 2.35. The average Bonchev–Trinajstić information content (AvgIpc) is 2.20. The highest BCUT2D eigenvalue weighted by atomic mass is 14.2. The minimum absolute atomic E-state index is 0.850. The molecule has 1 fully saturated rings. The molecular weight excluding hydrogens is 120 g/mol. The van der Waals surface area contributed by atoms with Crippen molar-refractivity contribution in [1.29, 1.82) is 0 Å². The summed E-state index contributed by atoms with van der Waals surface area (Å²) in [5.41, 5.74) is 3.36. The van der Waals surface area contributed by atoms with Crippen LogP contribution >= 0.6 is 0 Å². The van der Waals surface area contributed by atoms with Crippen molar-refractivity contribution < 1.29 is 0 Å². The maximum absolute atomic E-state index is 2.35. The van der Waals surface area contributed by atoms with Gasteiger partial charge in [0, 0.05) is 0 Å². The fourth-order valence-corrected chi connectivity index (χ4v) is 2.02. The lowest BCUT2D eigenvalue weighted by atomic mass is 9.90. The van der Waals surface area contributed by atoms with Crippen molar-refractivity contribution in [2.75, 3.05) is 0 Å². The first-order valence-corrected chi connectivity index (χ1v) is 4.25. The number of fused-ring (bicyclic) bond motifs is 4. The molecule has 0 N–H and O–H groups in total. The van der Waals surface area contributed by atoms with Gasteiger partial charge in [-0.05, 0) is 31.6 Å². The van der Waals surface area contributed by atoms with Gasteiger partial charge in [0.2, 0.25) is 0 Å². The molecule has 0 aromatic rings. The standard InChI is InChI=1S/C10H14/c1-8-7-9-3-2-4-10(8)6-5-9/h5-6,8H,2-4,7H2,1H3. The zero-order valence-electron chi connectivity index (χ0n) is 6.56. The molecule has 0 aliphatic heterocycles. The normalized spacial score (nSPS) is 31.1. The molecule has 1 saturated carbocycles. The molecule has 3 aliphatic rings. The van der Waals surface area contributed by atoms with Crippen molar-refractivity contribution in [2.45, 2.75) is 32.6 Å². The molecule has 0 aromatic heterocycles. The second-order valence-corrected chi connectivity index (χ2v) is 3.53. The van der Waals surface area contributed by atoms with E-state index in [4.69, 9.17) is 0 Å². The van der Waals surface area contributed by atoms with E-state index in [0.717, 1.165) is 5.92 Å². The van der Waals surface area contributed by atoms with Crippen LogP contribution in [0.25, 0.3) is 0 Å². The Labute approximate surface area is 62.6 Å². The van der Waals surface area contributed by atoms with E-state index in [1.165, 1.54) is 25.7 Å². The molecule has 0 saturated heterocycles. The van der Waals surface area contributed by atoms with Gasteiger partial charge in [0.05, 0.1) is 0 Å². The number of allylic oxidation sites excluding steroid dienone is 4. The summed E-state index contributed by atoms with van der Waals surface area (Å²) in [6.07, 6.45) is 10.1. The van der Waals surface area contributed by atoms with E-state index in [9.17, 15) is 0 Å². The third kappa shape index (κ3) is 0.920. The Bertz CT molecular complexity index is 196. The molecule has 54 valence electrons. The molecule has 0 aromatic carbocycles. The van der Waals surface area contributed by atoms with Crippen LogP contribution in [0.4, 0.5) is 0 Å². The molecule has 1 atom stereocenters. The van der Waals surface area contributed by atoms with Gasteiger partial charge in [-0.1, -0.05) is 30.2 Å². The van der Waals surface area contributed by atoms with Crippen LogP contribution in [0.1, 0.15) is 32.6 Å². The third-order valence-corrected chi connectivity index (χ3v) is 2.70. The number of hydrogen-bond acceptors (Lipinski definition) is 0. The lowest BCUT2D eigenvalue weighted by molar-refractivity contribution is 0.658. The first-order valence-electron chi connectivity index (χ1n) is 4.25. The van der Waals surface area contributed by atoms with E-state index in [0.29, 0.717) is 0 Å². The van der Waals surface area contributed by atoms with Gasteiger partial charge < -0.3 is 0 Å². The number of hydrogen-bond donors (Lipinski definition) is 0. The Kier molecular flexibility index (Phi) is 1.40. The van der Waals surface area contributed by atoms with Crippen LogP contribution in [0.5, 0.6) is 0 Å². The van der Waals surface area contributed by atoms with Crippen LogP contribution in [0, 0.1) is 5.92 Å². The van der Waals surface area contributed by atoms with E-state index in [1.54, 1.807) is 11.1 Å². The summed E-state index contributed by atoms with van der Waals surface area (Å²) in [4.78, 5) is 0. The van der Waals surface area contributed by atoms with Gasteiger partial charge in [-0.25, -0.2) is 0 Å². The van der Waals surface area contributed by atoms with Crippen molar-refractivity contribution in [1.82, 2.24) is 0 Å². The molecule has 0 heteroatoms. The topological polar surface area (TPSA) is 0 Å². The Balaban J connectivity index is 2.30. The monoisotopic (exact) mass is 134 g/mol. The lowest BCUT2D eigenvalue weighted by Crippen LogP contribution is -2.00. The van der Waals surface area contributed by atoms with Gasteiger partial charge in [0.1, 0.15) is 0 Å². The second-order valence-electron chi connectivity index (χ2n) is 3.53. The maximum Gasteiger partial charge on any atom is -0.0191 e. The van der Waals surface area contributed by atoms with Gasteiger partial charge in [0.25, 0.3) is 0 Å². The average molecular weight is 134 g/mol. The molecule has 3 aliphatic carbocycles. The predicted molar refractivity (Wildman–Crippen MR) is 43.8 cm³/mol. The van der Waals surface area contributed by atoms with Crippen molar-refractivity contribution in [3.05, 3.63) is 23.3 Å². The van der Waals surface area contributed by atoms with E-state index < -0.39 is 0 Å². The third-order valence-electron chi connectivity index (χ3n) is 2.70. The molecule has 0 radical (unpaired) electrons. The fraction of sp³-hybridized carbons (Fsp3) is 0.600. The van der Waals surface area contributed by atoms with Crippen molar-refractivity contribution in [3.63, 3.8) is 0 Å². The largest absolute Gasteiger partial charge is 0.0696 e. The van der Waals surface area contributed by atoms with Gasteiger partial charge in [-0.15, -0.1) is 0 Å². The Morgan fingerprint density at radius 3 is 3.00 bits per heavy atom. The van der Waals surface area contributed by atoms with Crippen LogP contribution in [0.2, 0.25) is 0 Å². The highest BCUT2D eigenvalue weighted by Gasteiger charge is 2.17. The van der Waals surface area contributed by atoms with Crippen LogP contribution in [-0.4, -0.2) is 0 Å². The highest BCUT2D eigenvalue weighted by molar-refractivity contribution is 5.28. The number of rotatable bonds is 0. The quantitative estimate of drug-likeness (QED) is 0.477. The summed E-state index contributed by atoms with van der Waals surface area (Å²) in [5.74, 6) is 0.850. The fourth-order valence-electron chi connectivity index (χ4n) is 2.02. The Morgan fingerprint density at radius 2 is 2.20 bits per heavy atom. The lowest BCUT2D eigenvalue weighted by Gasteiger charge is -2.15. The van der Waals surface area contributed by atoms with Gasteiger partial charge in [-0.2, -0.15) is 0 Å². The minimum Gasteiger partial charge on any atom is -0.0696 e. The Hall–Kier alpha value is -0.520. The van der Waals surface area contributed by atoms with E-state index in [-0.39, 0.29) is 0 Å². The molecule has 0 spiro atoms. The molecule has 2 bridgehead atoms. The predicted octanol–water partition coefficient (Wildman–Crippen LogP) is 3.06. The van der Waals surface area contributed by atoms with Gasteiger partial charge >= 0.3 is 0 Å². The van der Waals surface area contributed by atoms with Crippen LogP contribution in [0.3, 0.4) is 0 Å². The summed E-state index contributed by atoms with van der Waals surface area (Å²) in [6, 6.07) is 0. The van der Waals surface area contributed by atoms with Gasteiger partial charge in [0.15, 0.2) is 0 Å². The molecule has 1 unspecified atom stereocenters. The molecule has 0 heterocycles. The SMILES string of the molecule is CC1CC2=CC=C1CCC2. The summed E-state index contributed by atoms with van der Waals surface area (Å²) in [5, 5.41) is 0. The second kappa shape index (κ2) is 2.26. The van der Waals surface area contributed by atoms with Crippen LogP contribution in [0.15, 0.2) is 23.3 Å². The molecular formula is C10H14. The molecule has 0 amide bonds. The molecule has 10 heavy (non-hydrogen) atoms. The zero-order valence-corrected chi connectivity index (χ0v) is 6.56. The zero-order chi connectivity index (χ0) is 6.97. The summed E-state index contributed by atoms with van der Waals surface area (Å²) < 4.78 is 0. The first kappa shape index (κ1) is 6.21. The smallest absolute Gasteiger partial charge is 0.0191 e. The molecule has 0 nitrogen and oxygen atoms in total. The van der Waals surface area contributed by atoms with Crippen LogP contribution in [-0.2, 0) is 0 Å². The Morgan fingerprint density at radius 1 is 1.30 bits per heavy atom. The first-order chi connectivity index (χ1) is 4.86. The summed E-state index contributed by atoms with van der Waals surface area (Å²) in [7, 11) is 0. The van der Waals surface area contributed by atoms with Crippen LogP contribution < -0.4 is 0 Å². The minimum atomic E-state index is 0.850. The van der Waals surface area contributed by atoms with E-state index in [2.05, 4.69) is 19.1 Å². The maximum atomic E-state index is 2.35. The van der Waals surface area contributed by atoms with E-state index in [1.807, 2.05) is 0 Å². The van der Waals surface area contributed by atoms with Crippen molar-refractivity contribution >= 4 is 0 Å². The van der Waals surface area contributed by atoms with Crippen molar-refractivity contribution in [3.8, 4) is 0 Å². The highest BCUT2D eigenvalue weighted by Crippen LogP contribution is 2.34. The molecule has 3 rings (SSSR count). The summed E-state index contributed by atoms with van der Waals surface area (Å²) >= 11 is 0. The van der Waals surface area contributed by atoms with Gasteiger partial charge in [-0.3, -0.25) is 0 Å².